The second-order valence-electron chi connectivity index (χ2n) is 8.25. The Labute approximate surface area is 202 Å². The summed E-state index contributed by atoms with van der Waals surface area (Å²) in [6.45, 7) is 6.59. The molecule has 0 spiro atoms. The number of aromatic nitrogens is 3. The third-order valence-electron chi connectivity index (χ3n) is 5.93. The summed E-state index contributed by atoms with van der Waals surface area (Å²) in [5.74, 6) is 0.379. The van der Waals surface area contributed by atoms with Crippen LogP contribution in [0.2, 0.25) is 0 Å². The predicted molar refractivity (Wildman–Crippen MR) is 132 cm³/mol. The van der Waals surface area contributed by atoms with E-state index in [1.165, 1.54) is 11.8 Å². The van der Waals surface area contributed by atoms with Gasteiger partial charge in [0.2, 0.25) is 17.8 Å². The number of carbonyl (C=O) groups excluding carboxylic acids is 2. The van der Waals surface area contributed by atoms with Gasteiger partial charge in [-0.05, 0) is 37.6 Å². The number of thioether (sulfide) groups is 1. The molecule has 1 atom stereocenters. The van der Waals surface area contributed by atoms with Crippen LogP contribution in [0.3, 0.4) is 0 Å². The lowest BCUT2D eigenvalue weighted by atomic mass is 10.2. The number of morpholine rings is 1. The van der Waals surface area contributed by atoms with E-state index in [9.17, 15) is 9.59 Å². The molecule has 2 aliphatic heterocycles. The molecule has 1 fully saturated rings. The van der Waals surface area contributed by atoms with Gasteiger partial charge in [0.1, 0.15) is 6.54 Å². The van der Waals surface area contributed by atoms with E-state index in [4.69, 9.17) is 4.74 Å². The first-order valence-corrected chi connectivity index (χ1v) is 12.1. The predicted octanol–water partition coefficient (Wildman–Crippen LogP) is 2.88. The number of carbonyl (C=O) groups is 2. The number of fused-ring (bicyclic) bond motifs is 1. The molecule has 1 saturated heterocycles. The molecule has 10 heteroatoms. The first kappa shape index (κ1) is 22.4. The van der Waals surface area contributed by atoms with Crippen LogP contribution in [0, 0.1) is 6.92 Å². The number of nitrogens with one attached hydrogen (secondary N) is 1. The van der Waals surface area contributed by atoms with Crippen molar-refractivity contribution in [2.75, 3.05) is 48.0 Å². The maximum atomic E-state index is 13.5. The zero-order valence-electron chi connectivity index (χ0n) is 19.1. The molecule has 1 aromatic heterocycles. The zero-order chi connectivity index (χ0) is 23.7. The highest BCUT2D eigenvalue weighted by Gasteiger charge is 2.32. The highest BCUT2D eigenvalue weighted by Crippen LogP contribution is 2.34. The summed E-state index contributed by atoms with van der Waals surface area (Å²) in [5, 5.41) is 12.0. The van der Waals surface area contributed by atoms with Crippen molar-refractivity contribution in [3.63, 3.8) is 0 Å². The first-order chi connectivity index (χ1) is 16.5. The van der Waals surface area contributed by atoms with Crippen LogP contribution in [0.1, 0.15) is 12.5 Å². The lowest BCUT2D eigenvalue weighted by Gasteiger charge is -2.31. The number of hydrogen-bond donors (Lipinski definition) is 1. The van der Waals surface area contributed by atoms with Crippen LogP contribution in [-0.4, -0.2) is 64.7 Å². The monoisotopic (exact) mass is 478 g/mol. The lowest BCUT2D eigenvalue weighted by Crippen LogP contribution is -2.45. The van der Waals surface area contributed by atoms with Crippen LogP contribution >= 0.6 is 11.8 Å². The van der Waals surface area contributed by atoms with Gasteiger partial charge < -0.3 is 15.0 Å². The third kappa shape index (κ3) is 4.26. The number of ether oxygens (including phenoxy) is 1. The average molecular weight is 479 g/mol. The van der Waals surface area contributed by atoms with Crippen molar-refractivity contribution in [3.8, 4) is 5.69 Å². The summed E-state index contributed by atoms with van der Waals surface area (Å²) in [6, 6.07) is 15.4. The SMILES string of the molecule is Cc1ccccc1-n1c(S[C@@H](C)C(=O)N2CC(=O)Nc3ccccc32)nnc1N1CCOCC1. The van der Waals surface area contributed by atoms with Crippen molar-refractivity contribution in [1.82, 2.24) is 14.8 Å². The van der Waals surface area contributed by atoms with Gasteiger partial charge in [0.25, 0.3) is 0 Å². The molecule has 0 saturated carbocycles. The smallest absolute Gasteiger partial charge is 0.244 e. The number of benzene rings is 2. The van der Waals surface area contributed by atoms with E-state index in [2.05, 4.69) is 20.4 Å². The van der Waals surface area contributed by atoms with Crippen LogP contribution < -0.4 is 15.1 Å². The summed E-state index contributed by atoms with van der Waals surface area (Å²) in [4.78, 5) is 29.4. The molecule has 3 heterocycles. The van der Waals surface area contributed by atoms with E-state index < -0.39 is 5.25 Å². The topological polar surface area (TPSA) is 92.6 Å². The number of aryl methyl sites for hydroxylation is 1. The summed E-state index contributed by atoms with van der Waals surface area (Å²) in [7, 11) is 0. The molecule has 0 unspecified atom stereocenters. The van der Waals surface area contributed by atoms with Crippen LogP contribution in [0.15, 0.2) is 53.7 Å². The fourth-order valence-electron chi connectivity index (χ4n) is 4.19. The molecule has 34 heavy (non-hydrogen) atoms. The minimum absolute atomic E-state index is 0.00966. The van der Waals surface area contributed by atoms with Gasteiger partial charge in [0.05, 0.1) is 35.5 Å². The van der Waals surface area contributed by atoms with Crippen LogP contribution in [0.25, 0.3) is 5.69 Å². The van der Waals surface area contributed by atoms with Gasteiger partial charge in [-0.3, -0.25) is 19.1 Å². The molecular formula is C24H26N6O3S. The van der Waals surface area contributed by atoms with E-state index in [-0.39, 0.29) is 18.4 Å². The van der Waals surface area contributed by atoms with Crippen LogP contribution in [-0.2, 0) is 14.3 Å². The Morgan fingerprint density at radius 2 is 1.76 bits per heavy atom. The van der Waals surface area contributed by atoms with Gasteiger partial charge in [-0.15, -0.1) is 10.2 Å². The van der Waals surface area contributed by atoms with E-state index in [1.54, 1.807) is 11.0 Å². The minimum atomic E-state index is -0.483. The Balaban J connectivity index is 1.46. The summed E-state index contributed by atoms with van der Waals surface area (Å²) in [6.07, 6.45) is 0. The molecule has 0 aliphatic carbocycles. The molecule has 2 aromatic carbocycles. The number of rotatable bonds is 5. The Morgan fingerprint density at radius 3 is 2.53 bits per heavy atom. The molecular weight excluding hydrogens is 452 g/mol. The lowest BCUT2D eigenvalue weighted by molar-refractivity contribution is -0.121. The highest BCUT2D eigenvalue weighted by atomic mass is 32.2. The van der Waals surface area contributed by atoms with Crippen molar-refractivity contribution >= 4 is 40.9 Å². The molecule has 2 amide bonds. The number of para-hydroxylation sites is 3. The molecule has 176 valence electrons. The number of anilines is 3. The molecule has 1 N–H and O–H groups in total. The Kier molecular flexibility index (Phi) is 6.25. The molecule has 9 nitrogen and oxygen atoms in total. The number of hydrogen-bond acceptors (Lipinski definition) is 7. The van der Waals surface area contributed by atoms with Gasteiger partial charge in [-0.1, -0.05) is 42.1 Å². The molecule has 0 bridgehead atoms. The largest absolute Gasteiger partial charge is 0.378 e. The number of amides is 2. The van der Waals surface area contributed by atoms with Crippen molar-refractivity contribution in [2.24, 2.45) is 0 Å². The second-order valence-corrected chi connectivity index (χ2v) is 9.56. The average Bonchev–Trinajstić information content (AvgIpc) is 3.27. The van der Waals surface area contributed by atoms with E-state index in [1.807, 2.05) is 60.9 Å². The van der Waals surface area contributed by atoms with Gasteiger partial charge in [0, 0.05) is 13.1 Å². The molecule has 2 aliphatic rings. The Bertz CT molecular complexity index is 1220. The fourth-order valence-corrected chi connectivity index (χ4v) is 5.11. The Morgan fingerprint density at radius 1 is 1.06 bits per heavy atom. The summed E-state index contributed by atoms with van der Waals surface area (Å²) >= 11 is 1.34. The Hall–Kier alpha value is -3.37. The van der Waals surface area contributed by atoms with Gasteiger partial charge >= 0.3 is 0 Å². The minimum Gasteiger partial charge on any atom is -0.378 e. The normalized spacial score (nSPS) is 16.7. The zero-order valence-corrected chi connectivity index (χ0v) is 19.9. The van der Waals surface area contributed by atoms with E-state index in [0.29, 0.717) is 29.7 Å². The van der Waals surface area contributed by atoms with Crippen molar-refractivity contribution in [1.29, 1.82) is 0 Å². The van der Waals surface area contributed by atoms with Crippen molar-refractivity contribution in [3.05, 3.63) is 54.1 Å². The molecule has 5 rings (SSSR count). The maximum Gasteiger partial charge on any atom is 0.244 e. The quantitative estimate of drug-likeness (QED) is 0.564. The summed E-state index contributed by atoms with van der Waals surface area (Å²) in [5.41, 5.74) is 3.40. The van der Waals surface area contributed by atoms with Gasteiger partial charge in [-0.25, -0.2) is 0 Å². The maximum absolute atomic E-state index is 13.5. The first-order valence-electron chi connectivity index (χ1n) is 11.2. The standard InChI is InChI=1S/C24H26N6O3S/c1-16-7-3-5-9-19(16)30-23(28-11-13-33-14-12-28)26-27-24(30)34-17(2)22(32)29-15-21(31)25-18-8-4-6-10-20(18)29/h3-10,17H,11-15H2,1-2H3,(H,25,31)/t17-/m0/s1. The number of nitrogens with zero attached hydrogens (tertiary/aromatic N) is 5. The van der Waals surface area contributed by atoms with Crippen molar-refractivity contribution < 1.29 is 14.3 Å². The van der Waals surface area contributed by atoms with Crippen LogP contribution in [0.4, 0.5) is 17.3 Å². The summed E-state index contributed by atoms with van der Waals surface area (Å²) < 4.78 is 7.53. The van der Waals surface area contributed by atoms with Gasteiger partial charge in [-0.2, -0.15) is 0 Å². The highest BCUT2D eigenvalue weighted by molar-refractivity contribution is 8.00. The third-order valence-corrected chi connectivity index (χ3v) is 6.96. The van der Waals surface area contributed by atoms with E-state index >= 15 is 0 Å². The van der Waals surface area contributed by atoms with Gasteiger partial charge in [0.15, 0.2) is 5.16 Å². The van der Waals surface area contributed by atoms with E-state index in [0.717, 1.165) is 30.3 Å². The van der Waals surface area contributed by atoms with Crippen LogP contribution in [0.5, 0.6) is 0 Å². The molecule has 3 aromatic rings. The molecule has 0 radical (unpaired) electrons. The second kappa shape index (κ2) is 9.47. The fraction of sp³-hybridized carbons (Fsp3) is 0.333. The van der Waals surface area contributed by atoms with Crippen molar-refractivity contribution in [2.45, 2.75) is 24.3 Å².